The Hall–Kier alpha value is -0.980. The fourth-order valence-corrected chi connectivity index (χ4v) is 0.637. The Bertz CT molecular complexity index is 184. The molecule has 0 radical (unpaired) electrons. The number of nitrogens with one attached hydrogen (secondary N) is 1. The zero-order valence-electron chi connectivity index (χ0n) is 7.32. The topological polar surface area (TPSA) is 118 Å². The molecular formula is C7H15N3O3. The maximum Gasteiger partial charge on any atom is 0.238 e. The molecule has 0 aliphatic heterocycles. The Labute approximate surface area is 76.3 Å². The molecular weight excluding hydrogens is 174 g/mol. The van der Waals surface area contributed by atoms with E-state index < -0.39 is 11.9 Å². The van der Waals surface area contributed by atoms with Crippen LogP contribution in [0.1, 0.15) is 6.42 Å². The molecule has 6 N–H and O–H groups in total. The van der Waals surface area contributed by atoms with Crippen LogP contribution in [0.5, 0.6) is 0 Å². The molecule has 0 aliphatic rings. The first-order valence-corrected chi connectivity index (χ1v) is 3.97. The van der Waals surface area contributed by atoms with E-state index in [1.165, 1.54) is 0 Å². The van der Waals surface area contributed by atoms with Crippen LogP contribution in [0.3, 0.4) is 0 Å². The van der Waals surface area contributed by atoms with Crippen molar-refractivity contribution in [2.75, 3.05) is 19.7 Å². The molecule has 0 spiro atoms. The number of hydrogen-bond donors (Lipinski definition) is 4. The smallest absolute Gasteiger partial charge is 0.238 e. The van der Waals surface area contributed by atoms with E-state index in [-0.39, 0.29) is 31.9 Å². The fraction of sp³-hybridized carbons (Fsp3) is 0.714. The van der Waals surface area contributed by atoms with Crippen molar-refractivity contribution in [1.82, 2.24) is 5.32 Å². The molecule has 0 aromatic rings. The lowest BCUT2D eigenvalue weighted by atomic mass is 10.2. The Morgan fingerprint density at radius 1 is 1.46 bits per heavy atom. The van der Waals surface area contributed by atoms with Crippen LogP contribution < -0.4 is 16.8 Å². The Kier molecular flexibility index (Phi) is 6.03. The molecule has 1 amide bonds. The van der Waals surface area contributed by atoms with Crippen molar-refractivity contribution >= 4 is 11.7 Å². The molecule has 0 heterocycles. The summed E-state index contributed by atoms with van der Waals surface area (Å²) in [7, 11) is 0. The third-order valence-corrected chi connectivity index (χ3v) is 1.44. The number of hydrogen-bond acceptors (Lipinski definition) is 5. The van der Waals surface area contributed by atoms with Gasteiger partial charge in [0.15, 0.2) is 5.78 Å². The van der Waals surface area contributed by atoms with Gasteiger partial charge in [-0.05, 0) is 0 Å². The summed E-state index contributed by atoms with van der Waals surface area (Å²) < 4.78 is 0. The van der Waals surface area contributed by atoms with Gasteiger partial charge < -0.3 is 21.9 Å². The summed E-state index contributed by atoms with van der Waals surface area (Å²) in [5.74, 6) is -0.686. The summed E-state index contributed by atoms with van der Waals surface area (Å²) in [5.41, 5.74) is 10.4. The summed E-state index contributed by atoms with van der Waals surface area (Å²) in [5, 5.41) is 10.7. The second-order valence-electron chi connectivity index (χ2n) is 2.57. The molecule has 0 saturated heterocycles. The molecule has 0 saturated carbocycles. The fourth-order valence-electron chi connectivity index (χ4n) is 0.637. The largest absolute Gasteiger partial charge is 0.396 e. The van der Waals surface area contributed by atoms with Crippen LogP contribution in [-0.4, -0.2) is 42.5 Å². The molecule has 6 heteroatoms. The average molecular weight is 189 g/mol. The van der Waals surface area contributed by atoms with Crippen molar-refractivity contribution in [2.45, 2.75) is 12.5 Å². The number of aliphatic hydroxyl groups is 1. The molecule has 0 rings (SSSR count). The normalized spacial score (nSPS) is 12.2. The molecule has 0 fully saturated rings. The van der Waals surface area contributed by atoms with Gasteiger partial charge in [-0.3, -0.25) is 9.59 Å². The number of aliphatic hydroxyl groups excluding tert-OH is 1. The summed E-state index contributed by atoms with van der Waals surface area (Å²) >= 11 is 0. The monoisotopic (exact) mass is 189 g/mol. The van der Waals surface area contributed by atoms with Crippen LogP contribution in [0, 0.1) is 0 Å². The molecule has 6 nitrogen and oxygen atoms in total. The van der Waals surface area contributed by atoms with Gasteiger partial charge in [-0.1, -0.05) is 0 Å². The maximum absolute atomic E-state index is 11.0. The molecule has 76 valence electrons. The second kappa shape index (κ2) is 6.53. The van der Waals surface area contributed by atoms with E-state index in [9.17, 15) is 9.59 Å². The predicted octanol–water partition coefficient (Wildman–Crippen LogP) is -2.66. The quantitative estimate of drug-likeness (QED) is 0.363. The zero-order valence-corrected chi connectivity index (χ0v) is 7.32. The van der Waals surface area contributed by atoms with Gasteiger partial charge in [-0.15, -0.1) is 0 Å². The van der Waals surface area contributed by atoms with E-state index >= 15 is 0 Å². The van der Waals surface area contributed by atoms with Gasteiger partial charge in [0.1, 0.15) is 0 Å². The van der Waals surface area contributed by atoms with Crippen molar-refractivity contribution in [3.8, 4) is 0 Å². The van der Waals surface area contributed by atoms with Crippen molar-refractivity contribution in [3.63, 3.8) is 0 Å². The van der Waals surface area contributed by atoms with E-state index in [1.807, 2.05) is 0 Å². The van der Waals surface area contributed by atoms with Crippen LogP contribution in [0.25, 0.3) is 0 Å². The first-order chi connectivity index (χ1) is 6.11. The highest BCUT2D eigenvalue weighted by Gasteiger charge is 2.11. The molecule has 1 atom stereocenters. The first-order valence-electron chi connectivity index (χ1n) is 3.97. The van der Waals surface area contributed by atoms with Crippen molar-refractivity contribution < 1.29 is 14.7 Å². The van der Waals surface area contributed by atoms with Crippen LogP contribution in [0.2, 0.25) is 0 Å². The maximum atomic E-state index is 11.0. The van der Waals surface area contributed by atoms with E-state index in [0.29, 0.717) is 0 Å². The van der Waals surface area contributed by atoms with Crippen molar-refractivity contribution in [1.29, 1.82) is 0 Å². The van der Waals surface area contributed by atoms with Crippen LogP contribution in [0.15, 0.2) is 0 Å². The van der Waals surface area contributed by atoms with Crippen LogP contribution >= 0.6 is 0 Å². The Balaban J connectivity index is 3.63. The molecule has 0 aromatic carbocycles. The Morgan fingerprint density at radius 2 is 2.08 bits per heavy atom. The average Bonchev–Trinajstić information content (AvgIpc) is 2.13. The number of carbonyl (C=O) groups excluding carboxylic acids is 2. The number of carbonyl (C=O) groups is 2. The van der Waals surface area contributed by atoms with Gasteiger partial charge in [0.05, 0.1) is 19.2 Å². The lowest BCUT2D eigenvalue weighted by molar-refractivity contribution is -0.126. The van der Waals surface area contributed by atoms with Gasteiger partial charge in [0.25, 0.3) is 0 Å². The van der Waals surface area contributed by atoms with E-state index in [1.54, 1.807) is 0 Å². The molecule has 0 aliphatic carbocycles. The summed E-state index contributed by atoms with van der Waals surface area (Å²) in [6.07, 6.45) is 0.0398. The Morgan fingerprint density at radius 3 is 2.54 bits per heavy atom. The molecule has 0 bridgehead atoms. The SMILES string of the molecule is NCC(N)C(=O)NCC(=O)CCO. The summed E-state index contributed by atoms with van der Waals surface area (Å²) in [4.78, 5) is 21.8. The van der Waals surface area contributed by atoms with E-state index in [0.717, 1.165) is 0 Å². The van der Waals surface area contributed by atoms with Gasteiger partial charge in [0, 0.05) is 13.0 Å². The lowest BCUT2D eigenvalue weighted by Crippen LogP contribution is -2.46. The number of nitrogens with two attached hydrogens (primary N) is 2. The molecule has 13 heavy (non-hydrogen) atoms. The molecule has 0 aromatic heterocycles. The third-order valence-electron chi connectivity index (χ3n) is 1.44. The minimum atomic E-state index is -0.776. The molecule has 1 unspecified atom stereocenters. The number of amides is 1. The standard InChI is InChI=1S/C7H15N3O3/c8-3-6(9)7(13)10-4-5(12)1-2-11/h6,11H,1-4,8-9H2,(H,10,13). The van der Waals surface area contributed by atoms with Gasteiger partial charge in [-0.25, -0.2) is 0 Å². The highest BCUT2D eigenvalue weighted by Crippen LogP contribution is 1.80. The number of rotatable bonds is 6. The highest BCUT2D eigenvalue weighted by molar-refractivity contribution is 5.88. The second-order valence-corrected chi connectivity index (χ2v) is 2.57. The summed E-state index contributed by atoms with van der Waals surface area (Å²) in [6.45, 7) is -0.273. The van der Waals surface area contributed by atoms with Gasteiger partial charge >= 0.3 is 0 Å². The minimum absolute atomic E-state index is 0.0398. The number of ketones is 1. The zero-order chi connectivity index (χ0) is 10.3. The van der Waals surface area contributed by atoms with E-state index in [4.69, 9.17) is 16.6 Å². The van der Waals surface area contributed by atoms with Crippen molar-refractivity contribution in [3.05, 3.63) is 0 Å². The third kappa shape index (κ3) is 5.29. The van der Waals surface area contributed by atoms with Gasteiger partial charge in [-0.2, -0.15) is 0 Å². The predicted molar refractivity (Wildman–Crippen MR) is 46.7 cm³/mol. The lowest BCUT2D eigenvalue weighted by Gasteiger charge is -2.08. The number of Topliss-reactive ketones (excluding diaryl/α,β-unsaturated/α-hetero) is 1. The highest BCUT2D eigenvalue weighted by atomic mass is 16.3. The minimum Gasteiger partial charge on any atom is -0.396 e. The summed E-state index contributed by atoms with van der Waals surface area (Å²) in [6, 6.07) is -0.776. The van der Waals surface area contributed by atoms with Crippen LogP contribution in [-0.2, 0) is 9.59 Å². The first kappa shape index (κ1) is 12.0. The van der Waals surface area contributed by atoms with E-state index in [2.05, 4.69) is 5.32 Å². The van der Waals surface area contributed by atoms with Gasteiger partial charge in [0.2, 0.25) is 5.91 Å². The van der Waals surface area contributed by atoms with Crippen molar-refractivity contribution in [2.24, 2.45) is 11.5 Å². The van der Waals surface area contributed by atoms with Crippen LogP contribution in [0.4, 0.5) is 0 Å².